The fourth-order valence-electron chi connectivity index (χ4n) is 2.78. The average Bonchev–Trinajstić information content (AvgIpc) is 2.38. The first-order chi connectivity index (χ1) is 9.56. The van der Waals surface area contributed by atoms with Crippen molar-refractivity contribution in [3.8, 4) is 0 Å². The fraction of sp³-hybridized carbons (Fsp3) is 1.00. The van der Waals surface area contributed by atoms with Crippen molar-refractivity contribution in [1.29, 1.82) is 0 Å². The first-order valence-electron chi connectivity index (χ1n) is 9.36. The van der Waals surface area contributed by atoms with Crippen molar-refractivity contribution in [3.05, 3.63) is 0 Å². The van der Waals surface area contributed by atoms with E-state index in [4.69, 9.17) is 0 Å². The molecule has 0 aromatic carbocycles. The maximum atomic E-state index is 2.29. The van der Waals surface area contributed by atoms with E-state index in [-0.39, 0.29) is 29.8 Å². The van der Waals surface area contributed by atoms with Gasteiger partial charge in [0.2, 0.25) is 0 Å². The zero-order valence-electron chi connectivity index (χ0n) is 15.4. The highest BCUT2D eigenvalue weighted by molar-refractivity contribution is 5.75. The van der Waals surface area contributed by atoms with E-state index in [1.807, 2.05) is 0 Å². The van der Waals surface area contributed by atoms with Gasteiger partial charge in [0.05, 0.1) is 27.7 Å². The van der Waals surface area contributed by atoms with Gasteiger partial charge >= 0.3 is 0 Å². The third-order valence-electron chi connectivity index (χ3n) is 4.18. The molecule has 0 aliphatic carbocycles. The van der Waals surface area contributed by atoms with E-state index in [9.17, 15) is 0 Å². The Hall–Kier alpha value is 0.782. The molecule has 3 heteroatoms. The Morgan fingerprint density at radius 2 is 0.773 bits per heavy atom. The van der Waals surface area contributed by atoms with E-state index in [0.717, 1.165) is 4.48 Å². The molecule has 0 rings (SSSR count). The molecule has 0 aliphatic rings. The van der Waals surface area contributed by atoms with Crippen molar-refractivity contribution in [1.82, 2.24) is 0 Å². The lowest BCUT2D eigenvalue weighted by Gasteiger charge is -2.23. The van der Waals surface area contributed by atoms with E-state index in [0.29, 0.717) is 0 Å². The molecule has 136 valence electrons. The Morgan fingerprint density at radius 3 is 1.05 bits per heavy atom. The third kappa shape index (κ3) is 25.7. The van der Waals surface area contributed by atoms with Gasteiger partial charge in [0.25, 0.3) is 0 Å². The summed E-state index contributed by atoms with van der Waals surface area (Å²) in [4.78, 5) is 0. The summed E-state index contributed by atoms with van der Waals surface area (Å²) in [6.45, 7) is 3.63. The minimum atomic E-state index is 0. The number of hydrogen-bond donors (Lipinski definition) is 0. The van der Waals surface area contributed by atoms with E-state index < -0.39 is 0 Å². The molecule has 0 spiro atoms. The van der Waals surface area contributed by atoms with Gasteiger partial charge in [-0.3, -0.25) is 0 Å². The predicted octanol–water partition coefficient (Wildman–Crippen LogP) is 1.99. The lowest BCUT2D eigenvalue weighted by atomic mass is 10.0. The molecule has 0 aromatic heterocycles. The summed E-state index contributed by atoms with van der Waals surface area (Å²) in [6, 6.07) is 0. The third-order valence-corrected chi connectivity index (χ3v) is 4.18. The van der Waals surface area contributed by atoms with E-state index in [2.05, 4.69) is 28.1 Å². The maximum Gasteiger partial charge on any atom is 0.187 e. The summed E-state index contributed by atoms with van der Waals surface area (Å²) in [5.41, 5.74) is 0. The van der Waals surface area contributed by atoms with Crippen LogP contribution in [0.3, 0.4) is 0 Å². The lowest BCUT2D eigenvalue weighted by Crippen LogP contribution is -3.00. The van der Waals surface area contributed by atoms with Crippen LogP contribution >= 0.6 is 0 Å². The minimum absolute atomic E-state index is 0. The van der Waals surface area contributed by atoms with Crippen molar-refractivity contribution in [2.45, 2.75) is 96.8 Å². The van der Waals surface area contributed by atoms with Crippen LogP contribution in [0.2, 0.25) is 0 Å². The second kappa shape index (κ2) is 19.8. The molecule has 22 heavy (non-hydrogen) atoms. The standard InChI is InChI=1S/C19H42N.Al.ClH.3H/c1-5-6-7-8-9-10-11-12-13-14-15-16-17-18-19-20(2,3)4;;;;;/h5-19H2,1-4H3;;1H;;;/q+1;;;;;/p-1. The Morgan fingerprint density at radius 1 is 0.500 bits per heavy atom. The summed E-state index contributed by atoms with van der Waals surface area (Å²) >= 11 is 0. The van der Waals surface area contributed by atoms with Crippen molar-refractivity contribution in [3.63, 3.8) is 0 Å². The Balaban J connectivity index is -0.00000180. The van der Waals surface area contributed by atoms with Gasteiger partial charge in [-0.15, -0.1) is 0 Å². The molecule has 0 amide bonds. The van der Waals surface area contributed by atoms with Gasteiger partial charge in [-0.2, -0.15) is 0 Å². The van der Waals surface area contributed by atoms with Crippen LogP contribution in [-0.4, -0.2) is 49.5 Å². The van der Waals surface area contributed by atoms with Crippen LogP contribution in [0.5, 0.6) is 0 Å². The Kier molecular flexibility index (Phi) is 24.9. The molecule has 0 N–H and O–H groups in total. The summed E-state index contributed by atoms with van der Waals surface area (Å²) in [6.07, 6.45) is 20.4. The molecule has 1 nitrogen and oxygen atoms in total. The second-order valence-corrected chi connectivity index (χ2v) is 7.61. The minimum Gasteiger partial charge on any atom is -1.00 e. The van der Waals surface area contributed by atoms with E-state index in [1.54, 1.807) is 0 Å². The van der Waals surface area contributed by atoms with Gasteiger partial charge in [0.1, 0.15) is 0 Å². The fourth-order valence-corrected chi connectivity index (χ4v) is 2.78. The zero-order chi connectivity index (χ0) is 15.1. The van der Waals surface area contributed by atoms with Crippen LogP contribution < -0.4 is 12.4 Å². The molecule has 0 bridgehead atoms. The van der Waals surface area contributed by atoms with E-state index >= 15 is 0 Å². The number of rotatable bonds is 15. The van der Waals surface area contributed by atoms with Gasteiger partial charge in [-0.05, 0) is 12.8 Å². The van der Waals surface area contributed by atoms with Crippen LogP contribution in [0.1, 0.15) is 96.8 Å². The first kappa shape index (κ1) is 27.6. The number of nitrogens with zero attached hydrogens (tertiary/aromatic N) is 1. The number of unbranched alkanes of at least 4 members (excludes halogenated alkanes) is 13. The van der Waals surface area contributed by atoms with E-state index in [1.165, 1.54) is 96.4 Å². The van der Waals surface area contributed by atoms with Gasteiger partial charge < -0.3 is 16.9 Å². The molecule has 0 heterocycles. The molecule has 0 atom stereocenters. The van der Waals surface area contributed by atoms with Gasteiger partial charge in [0.15, 0.2) is 17.4 Å². The maximum absolute atomic E-state index is 2.29. The quantitative estimate of drug-likeness (QED) is 0.241. The highest BCUT2D eigenvalue weighted by atomic mass is 35.5. The molecule has 0 saturated carbocycles. The van der Waals surface area contributed by atoms with Crippen LogP contribution in [0.15, 0.2) is 0 Å². The van der Waals surface area contributed by atoms with Crippen LogP contribution in [-0.2, 0) is 0 Å². The van der Waals surface area contributed by atoms with Crippen molar-refractivity contribution >= 4 is 17.4 Å². The second-order valence-electron chi connectivity index (χ2n) is 7.61. The zero-order valence-corrected chi connectivity index (χ0v) is 16.2. The van der Waals surface area contributed by atoms with Crippen LogP contribution in [0.25, 0.3) is 0 Å². The summed E-state index contributed by atoms with van der Waals surface area (Å²) in [5, 5.41) is 0. The van der Waals surface area contributed by atoms with Crippen LogP contribution in [0, 0.1) is 0 Å². The largest absolute Gasteiger partial charge is 1.00 e. The summed E-state index contributed by atoms with van der Waals surface area (Å²) in [5.74, 6) is 0. The topological polar surface area (TPSA) is 0 Å². The van der Waals surface area contributed by atoms with Crippen molar-refractivity contribution in [2.24, 2.45) is 0 Å². The molecule has 0 radical (unpaired) electrons. The number of halogens is 1. The number of hydrogen-bond acceptors (Lipinski definition) is 0. The highest BCUT2D eigenvalue weighted by Crippen LogP contribution is 2.13. The molecule has 0 unspecified atom stereocenters. The Labute approximate surface area is 158 Å². The van der Waals surface area contributed by atoms with Gasteiger partial charge in [-0.25, -0.2) is 0 Å². The van der Waals surface area contributed by atoms with Gasteiger partial charge in [-0.1, -0.05) is 84.0 Å². The normalized spacial score (nSPS) is 10.9. The molecule has 0 aliphatic heterocycles. The molecular formula is C19H45AlClN. The molecule has 0 saturated heterocycles. The lowest BCUT2D eigenvalue weighted by molar-refractivity contribution is -0.870. The summed E-state index contributed by atoms with van der Waals surface area (Å²) in [7, 11) is 6.88. The monoisotopic (exact) mass is 349 g/mol. The SMILES string of the molecule is CCCCCCCCCCCCCCCC[N+](C)(C)C.[AlH3].[Cl-]. The summed E-state index contributed by atoms with van der Waals surface area (Å²) < 4.78 is 1.12. The van der Waals surface area contributed by atoms with Crippen molar-refractivity contribution in [2.75, 3.05) is 27.7 Å². The Bertz CT molecular complexity index is 192. The predicted molar refractivity (Wildman–Crippen MR) is 103 cm³/mol. The number of quaternary nitrogens is 1. The molecular weight excluding hydrogens is 305 g/mol. The molecule has 0 aromatic rings. The van der Waals surface area contributed by atoms with Gasteiger partial charge in [0, 0.05) is 0 Å². The molecule has 0 fully saturated rings. The average molecular weight is 350 g/mol. The smallest absolute Gasteiger partial charge is 0.187 e. The van der Waals surface area contributed by atoms with Crippen molar-refractivity contribution < 1.29 is 16.9 Å². The van der Waals surface area contributed by atoms with Crippen LogP contribution in [0.4, 0.5) is 0 Å². The first-order valence-corrected chi connectivity index (χ1v) is 9.36. The highest BCUT2D eigenvalue weighted by Gasteiger charge is 2.04.